The maximum atomic E-state index is 8.51. The van der Waals surface area contributed by atoms with Crippen LogP contribution in [-0.2, 0) is 6.42 Å². The second-order valence-corrected chi connectivity index (χ2v) is 3.55. The minimum atomic E-state index is 0.303. The molecule has 1 aromatic rings. The summed E-state index contributed by atoms with van der Waals surface area (Å²) in [5.41, 5.74) is 1.78. The molecular formula is C8H6BrClN2. The summed E-state index contributed by atoms with van der Waals surface area (Å²) in [6.07, 6.45) is 1.94. The third kappa shape index (κ3) is 1.77. The Labute approximate surface area is 84.3 Å². The van der Waals surface area contributed by atoms with Crippen LogP contribution >= 0.6 is 27.5 Å². The van der Waals surface area contributed by atoms with Gasteiger partial charge in [0.2, 0.25) is 0 Å². The van der Waals surface area contributed by atoms with Crippen molar-refractivity contribution in [2.45, 2.75) is 13.3 Å². The lowest BCUT2D eigenvalue weighted by molar-refractivity contribution is 1.13. The van der Waals surface area contributed by atoms with Gasteiger partial charge in [-0.1, -0.05) is 11.6 Å². The minimum absolute atomic E-state index is 0.303. The van der Waals surface area contributed by atoms with Crippen molar-refractivity contribution in [1.82, 2.24) is 4.98 Å². The number of halogens is 2. The number of nitrogens with zero attached hydrogens (tertiary/aromatic N) is 2. The van der Waals surface area contributed by atoms with Gasteiger partial charge in [0.15, 0.2) is 0 Å². The summed E-state index contributed by atoms with van der Waals surface area (Å²) >= 11 is 9.12. The summed E-state index contributed by atoms with van der Waals surface area (Å²) < 4.78 is 0.886. The molecule has 0 aliphatic heterocycles. The molecule has 0 aromatic carbocycles. The molecule has 0 unspecified atom stereocenters. The van der Waals surface area contributed by atoms with Crippen molar-refractivity contribution >= 4 is 27.5 Å². The fourth-order valence-electron chi connectivity index (χ4n) is 0.872. The lowest BCUT2D eigenvalue weighted by atomic mass is 10.1. The molecule has 0 saturated heterocycles. The Kier molecular flexibility index (Phi) is 3.07. The highest BCUT2D eigenvalue weighted by Crippen LogP contribution is 2.24. The van der Waals surface area contributed by atoms with Crippen LogP contribution in [0.1, 0.15) is 11.1 Å². The summed E-state index contributed by atoms with van der Waals surface area (Å²) in [4.78, 5) is 3.93. The number of pyridine rings is 1. The molecule has 1 aromatic heterocycles. The Morgan fingerprint density at radius 3 is 3.00 bits per heavy atom. The molecule has 0 amide bonds. The Balaban J connectivity index is 3.25. The van der Waals surface area contributed by atoms with Crippen molar-refractivity contribution in [3.63, 3.8) is 0 Å². The van der Waals surface area contributed by atoms with E-state index in [1.165, 1.54) is 0 Å². The molecule has 12 heavy (non-hydrogen) atoms. The summed E-state index contributed by atoms with van der Waals surface area (Å²) in [5.74, 6) is 0. The summed E-state index contributed by atoms with van der Waals surface area (Å²) in [7, 11) is 0. The molecule has 1 rings (SSSR count). The van der Waals surface area contributed by atoms with E-state index >= 15 is 0 Å². The van der Waals surface area contributed by atoms with E-state index < -0.39 is 0 Å². The van der Waals surface area contributed by atoms with Crippen LogP contribution in [0.2, 0.25) is 5.15 Å². The van der Waals surface area contributed by atoms with E-state index in [0.29, 0.717) is 11.6 Å². The lowest BCUT2D eigenvalue weighted by Crippen LogP contribution is -1.92. The molecule has 0 fully saturated rings. The van der Waals surface area contributed by atoms with Gasteiger partial charge in [0.05, 0.1) is 12.5 Å². The van der Waals surface area contributed by atoms with E-state index in [1.54, 1.807) is 6.20 Å². The Morgan fingerprint density at radius 1 is 1.75 bits per heavy atom. The first-order valence-electron chi connectivity index (χ1n) is 3.33. The van der Waals surface area contributed by atoms with Crippen molar-refractivity contribution in [3.05, 3.63) is 26.9 Å². The molecule has 1 heterocycles. The summed E-state index contributed by atoms with van der Waals surface area (Å²) in [6, 6.07) is 2.05. The molecule has 4 heteroatoms. The predicted molar refractivity (Wildman–Crippen MR) is 51.0 cm³/mol. The third-order valence-electron chi connectivity index (χ3n) is 1.61. The van der Waals surface area contributed by atoms with Gasteiger partial charge in [-0.15, -0.1) is 0 Å². The van der Waals surface area contributed by atoms with Gasteiger partial charge in [0.1, 0.15) is 5.15 Å². The molecule has 62 valence electrons. The Bertz CT molecular complexity index is 344. The summed E-state index contributed by atoms with van der Waals surface area (Å²) in [5, 5.41) is 8.92. The van der Waals surface area contributed by atoms with E-state index in [-0.39, 0.29) is 0 Å². The molecular weight excluding hydrogens is 239 g/mol. The molecule has 0 aliphatic rings. The maximum Gasteiger partial charge on any atom is 0.133 e. The molecule has 0 saturated carbocycles. The van der Waals surface area contributed by atoms with E-state index in [4.69, 9.17) is 16.9 Å². The third-order valence-corrected chi connectivity index (χ3v) is 2.73. The topological polar surface area (TPSA) is 36.7 Å². The quantitative estimate of drug-likeness (QED) is 0.713. The van der Waals surface area contributed by atoms with E-state index in [2.05, 4.69) is 20.9 Å². The van der Waals surface area contributed by atoms with Gasteiger partial charge >= 0.3 is 0 Å². The van der Waals surface area contributed by atoms with Crippen LogP contribution in [0, 0.1) is 18.3 Å². The lowest BCUT2D eigenvalue weighted by Gasteiger charge is -2.04. The second-order valence-electron chi connectivity index (χ2n) is 2.34. The van der Waals surface area contributed by atoms with E-state index in [9.17, 15) is 0 Å². The predicted octanol–water partition coefficient (Wildman–Crippen LogP) is 2.87. The molecule has 0 atom stereocenters. The Hall–Kier alpha value is -0.590. The number of hydrogen-bond donors (Lipinski definition) is 0. The van der Waals surface area contributed by atoms with Crippen molar-refractivity contribution in [2.75, 3.05) is 0 Å². The highest BCUT2D eigenvalue weighted by Gasteiger charge is 2.07. The smallest absolute Gasteiger partial charge is 0.133 e. The van der Waals surface area contributed by atoms with Crippen LogP contribution in [0.4, 0.5) is 0 Å². The molecule has 0 N–H and O–H groups in total. The van der Waals surface area contributed by atoms with Crippen molar-refractivity contribution < 1.29 is 0 Å². The minimum Gasteiger partial charge on any atom is -0.243 e. The van der Waals surface area contributed by atoms with Crippen LogP contribution in [-0.4, -0.2) is 4.98 Å². The first kappa shape index (κ1) is 9.50. The zero-order valence-corrected chi connectivity index (χ0v) is 8.78. The van der Waals surface area contributed by atoms with Gasteiger partial charge in [-0.05, 0) is 28.4 Å². The monoisotopic (exact) mass is 244 g/mol. The maximum absolute atomic E-state index is 8.51. The number of nitriles is 1. The average Bonchev–Trinajstić information content (AvgIpc) is 2.06. The van der Waals surface area contributed by atoms with Gasteiger partial charge in [0.25, 0.3) is 0 Å². The second kappa shape index (κ2) is 3.88. The molecule has 0 spiro atoms. The van der Waals surface area contributed by atoms with Crippen LogP contribution in [0.3, 0.4) is 0 Å². The number of rotatable bonds is 1. The fraction of sp³-hybridized carbons (Fsp3) is 0.250. The van der Waals surface area contributed by atoms with Gasteiger partial charge in [-0.25, -0.2) is 4.98 Å². The van der Waals surface area contributed by atoms with Gasteiger partial charge in [-0.3, -0.25) is 0 Å². The first-order valence-corrected chi connectivity index (χ1v) is 4.50. The van der Waals surface area contributed by atoms with Crippen LogP contribution in [0.25, 0.3) is 0 Å². The van der Waals surface area contributed by atoms with Crippen molar-refractivity contribution in [1.29, 1.82) is 5.26 Å². The van der Waals surface area contributed by atoms with Crippen LogP contribution in [0.15, 0.2) is 10.7 Å². The molecule has 0 bridgehead atoms. The highest BCUT2D eigenvalue weighted by molar-refractivity contribution is 9.10. The SMILES string of the molecule is Cc1c(Br)cnc(Cl)c1CC#N. The molecule has 0 aliphatic carbocycles. The summed E-state index contributed by atoms with van der Waals surface area (Å²) in [6.45, 7) is 1.91. The van der Waals surface area contributed by atoms with Crippen LogP contribution in [0.5, 0.6) is 0 Å². The first-order chi connectivity index (χ1) is 5.66. The van der Waals surface area contributed by atoms with Crippen LogP contribution < -0.4 is 0 Å². The van der Waals surface area contributed by atoms with Crippen molar-refractivity contribution in [2.24, 2.45) is 0 Å². The van der Waals surface area contributed by atoms with E-state index in [1.807, 2.05) is 13.0 Å². The fourth-order valence-corrected chi connectivity index (χ4v) is 1.47. The average molecular weight is 246 g/mol. The zero-order chi connectivity index (χ0) is 9.14. The van der Waals surface area contributed by atoms with E-state index in [0.717, 1.165) is 15.6 Å². The molecule has 0 radical (unpaired) electrons. The van der Waals surface area contributed by atoms with Gasteiger partial charge < -0.3 is 0 Å². The molecule has 2 nitrogen and oxygen atoms in total. The van der Waals surface area contributed by atoms with Gasteiger partial charge in [0, 0.05) is 16.2 Å². The zero-order valence-electron chi connectivity index (χ0n) is 6.43. The normalized spacial score (nSPS) is 9.50. The Morgan fingerprint density at radius 2 is 2.42 bits per heavy atom. The van der Waals surface area contributed by atoms with Crippen molar-refractivity contribution in [3.8, 4) is 6.07 Å². The number of hydrogen-bond acceptors (Lipinski definition) is 2. The largest absolute Gasteiger partial charge is 0.243 e. The van der Waals surface area contributed by atoms with Gasteiger partial charge in [-0.2, -0.15) is 5.26 Å². The number of aromatic nitrogens is 1. The standard InChI is InChI=1S/C8H6BrClN2/c1-5-6(2-3-11)8(10)12-4-7(5)9/h4H,2H2,1H3. The highest BCUT2D eigenvalue weighted by atomic mass is 79.9.